The van der Waals surface area contributed by atoms with Crippen molar-refractivity contribution in [3.05, 3.63) is 34.9 Å². The first-order valence-corrected chi connectivity index (χ1v) is 7.98. The summed E-state index contributed by atoms with van der Waals surface area (Å²) in [6.07, 6.45) is 3.54. The van der Waals surface area contributed by atoms with Crippen LogP contribution in [0.15, 0.2) is 18.2 Å². The predicted octanol–water partition coefficient (Wildman–Crippen LogP) is 3.11. The molecule has 1 aromatic rings. The maximum atomic E-state index is 12.6. The molecule has 3 rings (SSSR count). The van der Waals surface area contributed by atoms with E-state index in [-0.39, 0.29) is 5.91 Å². The number of halogens is 1. The highest BCUT2D eigenvalue weighted by Crippen LogP contribution is 2.27. The van der Waals surface area contributed by atoms with E-state index in [1.54, 1.807) is 0 Å². The molecule has 1 heterocycles. The van der Waals surface area contributed by atoms with Crippen molar-refractivity contribution in [2.24, 2.45) is 0 Å². The summed E-state index contributed by atoms with van der Waals surface area (Å²) in [4.78, 5) is 14.7. The molecule has 0 unspecified atom stereocenters. The van der Waals surface area contributed by atoms with Crippen LogP contribution in [0, 0.1) is 0 Å². The molecule has 0 bridgehead atoms. The standard InChI is InChI=1S/C15H18BrNO2/c16-6-7-17(14-2-1-3-14)15(18)11-4-5-12-9-19-10-13(12)8-11/h4-5,8,14H,1-3,6-7,9-10H2. The average molecular weight is 324 g/mol. The topological polar surface area (TPSA) is 29.5 Å². The van der Waals surface area contributed by atoms with E-state index in [1.165, 1.54) is 17.5 Å². The van der Waals surface area contributed by atoms with E-state index in [0.717, 1.165) is 30.3 Å². The van der Waals surface area contributed by atoms with E-state index in [0.29, 0.717) is 19.3 Å². The first-order valence-electron chi connectivity index (χ1n) is 6.86. The van der Waals surface area contributed by atoms with Crippen molar-refractivity contribution in [3.63, 3.8) is 0 Å². The fraction of sp³-hybridized carbons (Fsp3) is 0.533. The van der Waals surface area contributed by atoms with Gasteiger partial charge in [-0.3, -0.25) is 4.79 Å². The third kappa shape index (κ3) is 2.56. The molecule has 0 N–H and O–H groups in total. The number of nitrogens with zero attached hydrogens (tertiary/aromatic N) is 1. The summed E-state index contributed by atoms with van der Waals surface area (Å²) < 4.78 is 5.41. The van der Waals surface area contributed by atoms with E-state index in [4.69, 9.17) is 4.74 Å². The number of hydrogen-bond donors (Lipinski definition) is 0. The summed E-state index contributed by atoms with van der Waals surface area (Å²) in [5, 5.41) is 0.837. The monoisotopic (exact) mass is 323 g/mol. The highest BCUT2D eigenvalue weighted by molar-refractivity contribution is 9.09. The Morgan fingerprint density at radius 2 is 2.11 bits per heavy atom. The zero-order chi connectivity index (χ0) is 13.2. The van der Waals surface area contributed by atoms with Gasteiger partial charge < -0.3 is 9.64 Å². The largest absolute Gasteiger partial charge is 0.372 e. The number of ether oxygens (including phenoxy) is 1. The highest BCUT2D eigenvalue weighted by atomic mass is 79.9. The minimum atomic E-state index is 0.166. The number of fused-ring (bicyclic) bond motifs is 1. The van der Waals surface area contributed by atoms with Crippen LogP contribution in [0.1, 0.15) is 40.7 Å². The molecule has 0 spiro atoms. The number of hydrogen-bond acceptors (Lipinski definition) is 2. The molecule has 1 amide bonds. The first-order chi connectivity index (χ1) is 9.29. The summed E-state index contributed by atoms with van der Waals surface area (Å²) in [6, 6.07) is 6.41. The molecular weight excluding hydrogens is 306 g/mol. The van der Waals surface area contributed by atoms with Crippen LogP contribution in [0.4, 0.5) is 0 Å². The van der Waals surface area contributed by atoms with Gasteiger partial charge in [0.25, 0.3) is 5.91 Å². The molecule has 2 aliphatic rings. The molecule has 0 aromatic heterocycles. The van der Waals surface area contributed by atoms with Gasteiger partial charge in [0.1, 0.15) is 0 Å². The fourth-order valence-electron chi connectivity index (χ4n) is 2.71. The molecule has 1 aliphatic heterocycles. The van der Waals surface area contributed by atoms with Crippen molar-refractivity contribution in [1.29, 1.82) is 0 Å². The number of benzene rings is 1. The van der Waals surface area contributed by atoms with E-state index in [2.05, 4.69) is 15.9 Å². The van der Waals surface area contributed by atoms with Crippen LogP contribution in [0.5, 0.6) is 0 Å². The third-order valence-corrected chi connectivity index (χ3v) is 4.42. The number of carbonyl (C=O) groups excluding carboxylic acids is 1. The molecule has 102 valence electrons. The van der Waals surface area contributed by atoms with Crippen molar-refractivity contribution in [2.75, 3.05) is 11.9 Å². The molecule has 0 radical (unpaired) electrons. The van der Waals surface area contributed by atoms with Crippen molar-refractivity contribution in [1.82, 2.24) is 4.90 Å². The van der Waals surface area contributed by atoms with Crippen molar-refractivity contribution in [2.45, 2.75) is 38.5 Å². The Morgan fingerprint density at radius 3 is 2.79 bits per heavy atom. The SMILES string of the molecule is O=C(c1ccc2c(c1)COC2)N(CCBr)C1CCC1. The Bertz CT molecular complexity index is 485. The third-order valence-electron chi connectivity index (χ3n) is 4.07. The minimum absolute atomic E-state index is 0.166. The second-order valence-corrected chi connectivity index (χ2v) is 6.04. The van der Waals surface area contributed by atoms with Gasteiger partial charge in [0.15, 0.2) is 0 Å². The van der Waals surface area contributed by atoms with E-state index in [9.17, 15) is 4.79 Å². The molecule has 4 heteroatoms. The molecule has 0 atom stereocenters. The molecule has 3 nitrogen and oxygen atoms in total. The lowest BCUT2D eigenvalue weighted by atomic mass is 9.91. The van der Waals surface area contributed by atoms with Gasteiger partial charge in [0, 0.05) is 23.5 Å². The maximum absolute atomic E-state index is 12.6. The lowest BCUT2D eigenvalue weighted by Gasteiger charge is -2.37. The van der Waals surface area contributed by atoms with Gasteiger partial charge in [-0.05, 0) is 42.5 Å². The van der Waals surface area contributed by atoms with Gasteiger partial charge >= 0.3 is 0 Å². The Labute approximate surface area is 122 Å². The van der Waals surface area contributed by atoms with Crippen LogP contribution >= 0.6 is 15.9 Å². The fourth-order valence-corrected chi connectivity index (χ4v) is 3.09. The number of amides is 1. The van der Waals surface area contributed by atoms with Crippen LogP contribution in [0.25, 0.3) is 0 Å². The van der Waals surface area contributed by atoms with Crippen LogP contribution in [-0.4, -0.2) is 28.7 Å². The summed E-state index contributed by atoms with van der Waals surface area (Å²) in [6.45, 7) is 2.10. The molecular formula is C15H18BrNO2. The highest BCUT2D eigenvalue weighted by Gasteiger charge is 2.29. The van der Waals surface area contributed by atoms with E-state index >= 15 is 0 Å². The first kappa shape index (κ1) is 13.1. The number of rotatable bonds is 4. The van der Waals surface area contributed by atoms with Gasteiger partial charge in [-0.2, -0.15) is 0 Å². The minimum Gasteiger partial charge on any atom is -0.372 e. The van der Waals surface area contributed by atoms with Gasteiger partial charge in [0.05, 0.1) is 13.2 Å². The smallest absolute Gasteiger partial charge is 0.254 e. The lowest BCUT2D eigenvalue weighted by molar-refractivity contribution is 0.0599. The number of alkyl halides is 1. The predicted molar refractivity (Wildman–Crippen MR) is 77.4 cm³/mol. The van der Waals surface area contributed by atoms with Gasteiger partial charge in [-0.25, -0.2) is 0 Å². The quantitative estimate of drug-likeness (QED) is 0.797. The Balaban J connectivity index is 1.81. The Morgan fingerprint density at radius 1 is 1.32 bits per heavy atom. The van der Waals surface area contributed by atoms with Crippen LogP contribution in [-0.2, 0) is 18.0 Å². The lowest BCUT2D eigenvalue weighted by Crippen LogP contribution is -2.45. The van der Waals surface area contributed by atoms with Gasteiger partial charge in [-0.1, -0.05) is 22.0 Å². The van der Waals surface area contributed by atoms with Gasteiger partial charge in [-0.15, -0.1) is 0 Å². The van der Waals surface area contributed by atoms with Crippen LogP contribution < -0.4 is 0 Å². The summed E-state index contributed by atoms with van der Waals surface area (Å²) >= 11 is 3.45. The molecule has 0 saturated heterocycles. The van der Waals surface area contributed by atoms with Crippen molar-refractivity contribution >= 4 is 21.8 Å². The maximum Gasteiger partial charge on any atom is 0.254 e. The molecule has 1 fully saturated rings. The second-order valence-electron chi connectivity index (χ2n) is 5.25. The summed E-state index contributed by atoms with van der Waals surface area (Å²) in [5.41, 5.74) is 3.18. The van der Waals surface area contributed by atoms with Crippen LogP contribution in [0.3, 0.4) is 0 Å². The normalized spacial score (nSPS) is 17.9. The Kier molecular flexibility index (Phi) is 3.89. The van der Waals surface area contributed by atoms with Crippen molar-refractivity contribution < 1.29 is 9.53 Å². The van der Waals surface area contributed by atoms with Crippen molar-refractivity contribution in [3.8, 4) is 0 Å². The summed E-state index contributed by atoms with van der Waals surface area (Å²) in [5.74, 6) is 0.166. The zero-order valence-electron chi connectivity index (χ0n) is 10.9. The number of carbonyl (C=O) groups is 1. The summed E-state index contributed by atoms with van der Waals surface area (Å²) in [7, 11) is 0. The van der Waals surface area contributed by atoms with E-state index in [1.807, 2.05) is 23.1 Å². The molecule has 1 aromatic carbocycles. The zero-order valence-corrected chi connectivity index (χ0v) is 12.5. The average Bonchev–Trinajstić information content (AvgIpc) is 2.82. The molecule has 19 heavy (non-hydrogen) atoms. The van der Waals surface area contributed by atoms with Gasteiger partial charge in [0.2, 0.25) is 0 Å². The van der Waals surface area contributed by atoms with Crippen LogP contribution in [0.2, 0.25) is 0 Å². The Hall–Kier alpha value is -0.870. The molecule has 1 saturated carbocycles. The van der Waals surface area contributed by atoms with E-state index < -0.39 is 0 Å². The second kappa shape index (κ2) is 5.63. The molecule has 1 aliphatic carbocycles.